The van der Waals surface area contributed by atoms with Crippen LogP contribution in [-0.2, 0) is 0 Å². The van der Waals surface area contributed by atoms with Gasteiger partial charge < -0.3 is 5.11 Å². The average Bonchev–Trinajstić information content (AvgIpc) is 2.01. The van der Waals surface area contributed by atoms with Crippen LogP contribution in [0, 0.1) is 11.6 Å². The Morgan fingerprint density at radius 3 is 2.38 bits per heavy atom. The molecule has 2 nitrogen and oxygen atoms in total. The summed E-state index contributed by atoms with van der Waals surface area (Å²) >= 11 is 5.35. The molecule has 0 saturated carbocycles. The molecule has 13 heavy (non-hydrogen) atoms. The molecule has 70 valence electrons. The van der Waals surface area contributed by atoms with Crippen LogP contribution in [0.5, 0.6) is 0 Å². The van der Waals surface area contributed by atoms with Gasteiger partial charge in [0.05, 0.1) is 8.95 Å². The number of carboxylic acid groups (broad SMARTS) is 1. The highest BCUT2D eigenvalue weighted by Gasteiger charge is 2.20. The van der Waals surface area contributed by atoms with E-state index in [-0.39, 0.29) is 8.95 Å². The number of aromatic carboxylic acids is 1. The van der Waals surface area contributed by atoms with Crippen molar-refractivity contribution in [2.45, 2.75) is 0 Å². The summed E-state index contributed by atoms with van der Waals surface area (Å²) in [5.41, 5.74) is -0.716. The van der Waals surface area contributed by atoms with Crippen LogP contribution < -0.4 is 0 Å². The van der Waals surface area contributed by atoms with Gasteiger partial charge >= 0.3 is 5.97 Å². The van der Waals surface area contributed by atoms with Gasteiger partial charge in [-0.1, -0.05) is 0 Å². The van der Waals surface area contributed by atoms with E-state index in [4.69, 9.17) is 5.11 Å². The molecule has 0 heterocycles. The molecular weight excluding hydrogens is 314 g/mol. The van der Waals surface area contributed by atoms with Crippen molar-refractivity contribution in [1.29, 1.82) is 0 Å². The monoisotopic (exact) mass is 314 g/mol. The summed E-state index contributed by atoms with van der Waals surface area (Å²) in [5, 5.41) is 8.54. The molecule has 1 aromatic carbocycles. The van der Waals surface area contributed by atoms with E-state index in [9.17, 15) is 13.6 Å². The van der Waals surface area contributed by atoms with Crippen molar-refractivity contribution in [2.75, 3.05) is 0 Å². The lowest BCUT2D eigenvalue weighted by atomic mass is 10.2. The molecule has 0 radical (unpaired) electrons. The lowest BCUT2D eigenvalue weighted by Crippen LogP contribution is -2.04. The zero-order chi connectivity index (χ0) is 10.2. The fraction of sp³-hybridized carbons (Fsp3) is 0. The normalized spacial score (nSPS) is 10.2. The van der Waals surface area contributed by atoms with Crippen molar-refractivity contribution >= 4 is 37.8 Å². The van der Waals surface area contributed by atoms with Gasteiger partial charge in [-0.15, -0.1) is 0 Å². The van der Waals surface area contributed by atoms with E-state index in [0.29, 0.717) is 0 Å². The first-order valence-corrected chi connectivity index (χ1v) is 4.60. The van der Waals surface area contributed by atoms with Crippen LogP contribution in [0.3, 0.4) is 0 Å². The smallest absolute Gasteiger partial charge is 0.340 e. The van der Waals surface area contributed by atoms with Crippen LogP contribution >= 0.6 is 31.9 Å². The average molecular weight is 316 g/mol. The predicted octanol–water partition coefficient (Wildman–Crippen LogP) is 3.19. The fourth-order valence-corrected chi connectivity index (χ4v) is 1.62. The van der Waals surface area contributed by atoms with Crippen LogP contribution in [0.2, 0.25) is 0 Å². The molecule has 0 fully saturated rings. The van der Waals surface area contributed by atoms with Crippen LogP contribution in [0.1, 0.15) is 10.4 Å². The number of hydrogen-bond acceptors (Lipinski definition) is 1. The van der Waals surface area contributed by atoms with E-state index in [1.54, 1.807) is 0 Å². The Bertz CT molecular complexity index is 353. The van der Waals surface area contributed by atoms with Crippen molar-refractivity contribution < 1.29 is 18.7 Å². The van der Waals surface area contributed by atoms with Gasteiger partial charge in [-0.05, 0) is 37.9 Å². The highest BCUT2D eigenvalue weighted by atomic mass is 79.9. The molecule has 0 unspecified atom stereocenters. The lowest BCUT2D eigenvalue weighted by Gasteiger charge is -2.03. The second-order valence-corrected chi connectivity index (χ2v) is 3.80. The summed E-state index contributed by atoms with van der Waals surface area (Å²) in [6.45, 7) is 0. The van der Waals surface area contributed by atoms with Gasteiger partial charge in [0.1, 0.15) is 11.4 Å². The zero-order valence-electron chi connectivity index (χ0n) is 5.94. The third kappa shape index (κ3) is 1.88. The summed E-state index contributed by atoms with van der Waals surface area (Å²) in [4.78, 5) is 10.5. The SMILES string of the molecule is O=C(O)c1c(F)c(Br)cc(F)c1Br. The molecule has 1 N–H and O–H groups in total. The maximum Gasteiger partial charge on any atom is 0.340 e. The molecule has 0 aliphatic heterocycles. The molecule has 1 aromatic rings. The van der Waals surface area contributed by atoms with Crippen molar-refractivity contribution in [2.24, 2.45) is 0 Å². The quantitative estimate of drug-likeness (QED) is 0.808. The predicted molar refractivity (Wildman–Crippen MR) is 48.7 cm³/mol. The van der Waals surface area contributed by atoms with Crippen molar-refractivity contribution in [3.05, 3.63) is 32.2 Å². The largest absolute Gasteiger partial charge is 0.478 e. The molecule has 0 atom stereocenters. The molecule has 0 aliphatic carbocycles. The minimum Gasteiger partial charge on any atom is -0.478 e. The van der Waals surface area contributed by atoms with Gasteiger partial charge in [0.25, 0.3) is 0 Å². The molecule has 0 amide bonds. The topological polar surface area (TPSA) is 37.3 Å². The van der Waals surface area contributed by atoms with E-state index in [1.807, 2.05) is 0 Å². The van der Waals surface area contributed by atoms with E-state index in [1.165, 1.54) is 0 Å². The summed E-state index contributed by atoms with van der Waals surface area (Å²) < 4.78 is 25.3. The molecule has 6 heteroatoms. The summed E-state index contributed by atoms with van der Waals surface area (Å²) in [5.74, 6) is -3.35. The van der Waals surface area contributed by atoms with Gasteiger partial charge in [0.2, 0.25) is 0 Å². The lowest BCUT2D eigenvalue weighted by molar-refractivity contribution is 0.0690. The maximum atomic E-state index is 13.1. The summed E-state index contributed by atoms with van der Waals surface area (Å²) in [6.07, 6.45) is 0. The summed E-state index contributed by atoms with van der Waals surface area (Å²) in [7, 11) is 0. The van der Waals surface area contributed by atoms with Gasteiger partial charge in [0, 0.05) is 0 Å². The first-order chi connectivity index (χ1) is 5.95. The van der Waals surface area contributed by atoms with Gasteiger partial charge in [0.15, 0.2) is 5.82 Å². The molecule has 0 bridgehead atoms. The Labute approximate surface area is 88.8 Å². The first kappa shape index (κ1) is 10.6. The zero-order valence-corrected chi connectivity index (χ0v) is 9.12. The van der Waals surface area contributed by atoms with Crippen molar-refractivity contribution in [1.82, 2.24) is 0 Å². The third-order valence-electron chi connectivity index (χ3n) is 1.33. The second kappa shape index (κ2) is 3.71. The third-order valence-corrected chi connectivity index (χ3v) is 2.68. The Morgan fingerprint density at radius 1 is 1.38 bits per heavy atom. The Kier molecular flexibility index (Phi) is 3.02. The van der Waals surface area contributed by atoms with Crippen molar-refractivity contribution in [3.63, 3.8) is 0 Å². The summed E-state index contributed by atoms with van der Waals surface area (Å²) in [6, 6.07) is 0.853. The fourth-order valence-electron chi connectivity index (χ4n) is 0.761. The molecule has 0 aliphatic rings. The number of hydrogen-bond donors (Lipinski definition) is 1. The van der Waals surface area contributed by atoms with E-state index in [2.05, 4.69) is 31.9 Å². The Morgan fingerprint density at radius 2 is 1.92 bits per heavy atom. The maximum absolute atomic E-state index is 13.1. The molecule has 0 saturated heterocycles. The Balaban J connectivity index is 3.56. The van der Waals surface area contributed by atoms with Crippen LogP contribution in [0.4, 0.5) is 8.78 Å². The van der Waals surface area contributed by atoms with E-state index in [0.717, 1.165) is 6.07 Å². The number of rotatable bonds is 1. The van der Waals surface area contributed by atoms with Gasteiger partial charge in [-0.3, -0.25) is 0 Å². The first-order valence-electron chi connectivity index (χ1n) is 3.01. The standard InChI is InChI=1S/C7H2Br2F2O2/c8-2-1-3(10)5(9)4(6(2)11)7(12)13/h1H,(H,12,13). The Hall–Kier alpha value is -0.490. The van der Waals surface area contributed by atoms with Gasteiger partial charge in [-0.25, -0.2) is 13.6 Å². The minimum absolute atomic E-state index is 0.217. The molecule has 0 spiro atoms. The minimum atomic E-state index is -1.52. The van der Waals surface area contributed by atoms with Crippen molar-refractivity contribution in [3.8, 4) is 0 Å². The number of carbonyl (C=O) groups is 1. The second-order valence-electron chi connectivity index (χ2n) is 2.15. The van der Waals surface area contributed by atoms with Crippen LogP contribution in [0.25, 0.3) is 0 Å². The van der Waals surface area contributed by atoms with Crippen LogP contribution in [-0.4, -0.2) is 11.1 Å². The molecular formula is C7H2Br2F2O2. The molecule has 0 aromatic heterocycles. The van der Waals surface area contributed by atoms with E-state index >= 15 is 0 Å². The number of halogens is 4. The van der Waals surface area contributed by atoms with Crippen LogP contribution in [0.15, 0.2) is 15.0 Å². The number of benzene rings is 1. The highest BCUT2D eigenvalue weighted by Crippen LogP contribution is 2.29. The molecule has 1 rings (SSSR count). The van der Waals surface area contributed by atoms with Gasteiger partial charge in [-0.2, -0.15) is 0 Å². The van der Waals surface area contributed by atoms with E-state index < -0.39 is 23.2 Å². The number of carboxylic acids is 1. The highest BCUT2D eigenvalue weighted by molar-refractivity contribution is 9.11.